The van der Waals surface area contributed by atoms with E-state index in [9.17, 15) is 0 Å². The lowest BCUT2D eigenvalue weighted by atomic mass is 9.76. The van der Waals surface area contributed by atoms with Crippen LogP contribution >= 0.6 is 0 Å². The molecule has 4 aromatic rings. The molecule has 184 valence electrons. The molecule has 0 unspecified atom stereocenters. The first-order valence-electron chi connectivity index (χ1n) is 13.5. The maximum atomic E-state index is 4.29. The molecule has 0 radical (unpaired) electrons. The molecule has 1 aliphatic carbocycles. The third-order valence-corrected chi connectivity index (χ3v) is 8.16. The van der Waals surface area contributed by atoms with E-state index in [0.29, 0.717) is 23.7 Å². The Morgan fingerprint density at radius 2 is 0.472 bits per heavy atom. The van der Waals surface area contributed by atoms with Crippen LogP contribution in [0.1, 0.15) is 97.3 Å². The second-order valence-electron chi connectivity index (χ2n) is 10.2. The summed E-state index contributed by atoms with van der Waals surface area (Å²) in [6, 6.07) is 17.8. The highest BCUT2D eigenvalue weighted by atomic mass is 14.6. The van der Waals surface area contributed by atoms with Gasteiger partial charge >= 0.3 is 0 Å². The van der Waals surface area contributed by atoms with E-state index in [-0.39, 0.29) is 0 Å². The molecular weight excluding hydrogens is 440 g/mol. The summed E-state index contributed by atoms with van der Waals surface area (Å²) in [5.74, 6) is 2.21. The number of rotatable bonds is 4. The molecule has 0 aromatic carbocycles. The van der Waals surface area contributed by atoms with E-state index < -0.39 is 0 Å². The molecule has 4 heteroatoms. The van der Waals surface area contributed by atoms with Crippen LogP contribution in [-0.4, -0.2) is 19.9 Å². The van der Waals surface area contributed by atoms with Crippen molar-refractivity contribution in [3.63, 3.8) is 0 Å². The average molecular weight is 477 g/mol. The highest BCUT2D eigenvalue weighted by molar-refractivity contribution is 5.22. The van der Waals surface area contributed by atoms with Crippen molar-refractivity contribution in [1.29, 1.82) is 0 Å². The molecule has 0 amide bonds. The minimum atomic E-state index is 0.553. The van der Waals surface area contributed by atoms with E-state index in [4.69, 9.17) is 0 Å². The summed E-state index contributed by atoms with van der Waals surface area (Å²) < 4.78 is 0. The van der Waals surface area contributed by atoms with E-state index in [0.717, 1.165) is 0 Å². The first-order valence-corrected chi connectivity index (χ1v) is 13.5. The Hall–Kier alpha value is -3.40. The molecule has 0 atom stereocenters. The zero-order valence-electron chi connectivity index (χ0n) is 21.0. The van der Waals surface area contributed by atoms with Crippen molar-refractivity contribution < 1.29 is 0 Å². The van der Waals surface area contributed by atoms with Gasteiger partial charge in [0.05, 0.1) is 0 Å². The molecule has 5 rings (SSSR count). The summed E-state index contributed by atoms with van der Waals surface area (Å²) in [6.45, 7) is 0. The van der Waals surface area contributed by atoms with Gasteiger partial charge in [0.25, 0.3) is 0 Å². The maximum Gasteiger partial charge on any atom is 0.0270 e. The predicted octanol–water partition coefficient (Wildman–Crippen LogP) is 7.84. The van der Waals surface area contributed by atoms with Crippen LogP contribution in [0.15, 0.2) is 98.1 Å². The monoisotopic (exact) mass is 476 g/mol. The maximum absolute atomic E-state index is 4.29. The lowest BCUT2D eigenvalue weighted by Gasteiger charge is -2.28. The van der Waals surface area contributed by atoms with Crippen LogP contribution in [0.2, 0.25) is 0 Å². The molecule has 0 saturated heterocycles. The molecule has 0 aliphatic heterocycles. The van der Waals surface area contributed by atoms with Gasteiger partial charge in [-0.2, -0.15) is 0 Å². The zero-order valence-corrected chi connectivity index (χ0v) is 21.0. The van der Waals surface area contributed by atoms with Gasteiger partial charge < -0.3 is 0 Å². The second kappa shape index (κ2) is 12.5. The molecule has 1 saturated carbocycles. The third-order valence-electron chi connectivity index (χ3n) is 8.16. The van der Waals surface area contributed by atoms with Crippen LogP contribution in [-0.2, 0) is 0 Å². The molecule has 4 nitrogen and oxygen atoms in total. The molecular formula is C32H36N4. The molecule has 1 aliphatic rings. The van der Waals surface area contributed by atoms with Crippen LogP contribution < -0.4 is 0 Å². The standard InChI is InChI=1S/C32H36N4/c1-2-26(30-11-19-34-20-12-30)5-6-28(32-15-23-36-24-16-32)8-7-27(31-13-21-35-22-14-31)4-3-25(1)29-9-17-33-18-10-29/h9-28H,1-8H2. The van der Waals surface area contributed by atoms with Crippen LogP contribution in [0.5, 0.6) is 0 Å². The number of hydrogen-bond donors (Lipinski definition) is 0. The van der Waals surface area contributed by atoms with Gasteiger partial charge in [0.1, 0.15) is 0 Å². The van der Waals surface area contributed by atoms with Crippen molar-refractivity contribution in [1.82, 2.24) is 19.9 Å². The Morgan fingerprint density at radius 3 is 0.639 bits per heavy atom. The summed E-state index contributed by atoms with van der Waals surface area (Å²) in [6.07, 6.45) is 25.2. The minimum Gasteiger partial charge on any atom is -0.265 e. The summed E-state index contributed by atoms with van der Waals surface area (Å²) in [5.41, 5.74) is 5.72. The highest BCUT2D eigenvalue weighted by Crippen LogP contribution is 2.41. The number of nitrogens with zero attached hydrogens (tertiary/aromatic N) is 4. The fourth-order valence-electron chi connectivity index (χ4n) is 6.06. The molecule has 1 fully saturated rings. The van der Waals surface area contributed by atoms with Crippen molar-refractivity contribution in [3.05, 3.63) is 120 Å². The molecule has 4 heterocycles. The largest absolute Gasteiger partial charge is 0.265 e. The topological polar surface area (TPSA) is 51.6 Å². The lowest BCUT2D eigenvalue weighted by Crippen LogP contribution is -2.12. The third kappa shape index (κ3) is 6.42. The number of pyridine rings is 4. The molecule has 0 N–H and O–H groups in total. The van der Waals surface area contributed by atoms with Gasteiger partial charge in [-0.15, -0.1) is 0 Å². The molecule has 0 bridgehead atoms. The lowest BCUT2D eigenvalue weighted by molar-refractivity contribution is 0.396. The van der Waals surface area contributed by atoms with E-state index in [1.807, 2.05) is 49.6 Å². The van der Waals surface area contributed by atoms with Crippen LogP contribution in [0.4, 0.5) is 0 Å². The first kappa shape index (κ1) is 24.3. The molecule has 0 spiro atoms. The van der Waals surface area contributed by atoms with Crippen molar-refractivity contribution in [3.8, 4) is 0 Å². The second-order valence-corrected chi connectivity index (χ2v) is 10.2. The SMILES string of the molecule is c1cc(C2CCC(c3ccncc3)CCC(c3ccncc3)CCC(c3ccncc3)CC2)ccn1. The van der Waals surface area contributed by atoms with Crippen molar-refractivity contribution in [2.75, 3.05) is 0 Å². The van der Waals surface area contributed by atoms with Gasteiger partial charge in [0.15, 0.2) is 0 Å². The summed E-state index contributed by atoms with van der Waals surface area (Å²) >= 11 is 0. The Bertz CT molecular complexity index is 946. The van der Waals surface area contributed by atoms with Crippen LogP contribution in [0, 0.1) is 0 Å². The van der Waals surface area contributed by atoms with Crippen LogP contribution in [0.25, 0.3) is 0 Å². The van der Waals surface area contributed by atoms with Gasteiger partial charge in [-0.05, 0) is 146 Å². The molecule has 4 aromatic heterocycles. The Morgan fingerprint density at radius 1 is 0.306 bits per heavy atom. The van der Waals surface area contributed by atoms with Crippen molar-refractivity contribution in [2.24, 2.45) is 0 Å². The summed E-state index contributed by atoms with van der Waals surface area (Å²) in [4.78, 5) is 17.1. The zero-order chi connectivity index (χ0) is 24.4. The Labute approximate surface area is 215 Å². The smallest absolute Gasteiger partial charge is 0.0270 e. The Kier molecular flexibility index (Phi) is 8.46. The highest BCUT2D eigenvalue weighted by Gasteiger charge is 2.24. The van der Waals surface area contributed by atoms with Gasteiger partial charge in [-0.3, -0.25) is 19.9 Å². The fraction of sp³-hybridized carbons (Fsp3) is 0.375. The van der Waals surface area contributed by atoms with Gasteiger partial charge in [0.2, 0.25) is 0 Å². The predicted molar refractivity (Wildman–Crippen MR) is 145 cm³/mol. The van der Waals surface area contributed by atoms with E-state index >= 15 is 0 Å². The average Bonchev–Trinajstić information content (AvgIpc) is 2.95. The van der Waals surface area contributed by atoms with E-state index in [1.165, 1.54) is 73.6 Å². The summed E-state index contributed by atoms with van der Waals surface area (Å²) in [5, 5.41) is 0. The minimum absolute atomic E-state index is 0.553. The van der Waals surface area contributed by atoms with Gasteiger partial charge in [0, 0.05) is 49.6 Å². The van der Waals surface area contributed by atoms with Gasteiger partial charge in [-0.25, -0.2) is 0 Å². The van der Waals surface area contributed by atoms with E-state index in [2.05, 4.69) is 68.5 Å². The Balaban J connectivity index is 1.44. The van der Waals surface area contributed by atoms with Crippen LogP contribution in [0.3, 0.4) is 0 Å². The number of hydrogen-bond acceptors (Lipinski definition) is 4. The normalized spacial score (nSPS) is 23.8. The first-order chi connectivity index (χ1) is 17.9. The summed E-state index contributed by atoms with van der Waals surface area (Å²) in [7, 11) is 0. The van der Waals surface area contributed by atoms with Crippen molar-refractivity contribution >= 4 is 0 Å². The van der Waals surface area contributed by atoms with Gasteiger partial charge in [-0.1, -0.05) is 0 Å². The number of aromatic nitrogens is 4. The van der Waals surface area contributed by atoms with E-state index in [1.54, 1.807) is 0 Å². The van der Waals surface area contributed by atoms with Crippen molar-refractivity contribution in [2.45, 2.75) is 75.0 Å². The quantitative estimate of drug-likeness (QED) is 0.301. The fourth-order valence-corrected chi connectivity index (χ4v) is 6.06. The molecule has 36 heavy (non-hydrogen) atoms.